The maximum Gasteiger partial charge on any atom is 0.234 e. The van der Waals surface area contributed by atoms with Crippen LogP contribution < -0.4 is 5.32 Å². The van der Waals surface area contributed by atoms with Crippen molar-refractivity contribution < 1.29 is 4.79 Å². The number of aromatic nitrogens is 2. The number of hydrogen-bond donors (Lipinski definition) is 1. The quantitative estimate of drug-likeness (QED) is 0.260. The Labute approximate surface area is 187 Å². The van der Waals surface area contributed by atoms with Crippen LogP contribution in [0.2, 0.25) is 0 Å². The Morgan fingerprint density at radius 1 is 0.966 bits per heavy atom. The standard InChI is InChI=1S/C23H18IN3OS/c24-18-10-7-11-19(14-18)25-22(28)16-29-23-26-21(17-8-3-1-4-9-17)15-27(23)20-12-5-2-6-13-20/h1-15H,16H2,(H,25,28). The number of para-hydroxylation sites is 1. The van der Waals surface area contributed by atoms with E-state index >= 15 is 0 Å². The van der Waals surface area contributed by atoms with Crippen molar-refractivity contribution in [3.8, 4) is 16.9 Å². The predicted octanol–water partition coefficient (Wildman–Crippen LogP) is 5.87. The van der Waals surface area contributed by atoms with E-state index in [2.05, 4.69) is 27.9 Å². The minimum absolute atomic E-state index is 0.0547. The molecule has 6 heteroatoms. The van der Waals surface area contributed by atoms with E-state index in [0.29, 0.717) is 0 Å². The highest BCUT2D eigenvalue weighted by atomic mass is 127. The monoisotopic (exact) mass is 511 g/mol. The van der Waals surface area contributed by atoms with Gasteiger partial charge < -0.3 is 5.32 Å². The molecule has 0 fully saturated rings. The molecule has 4 nitrogen and oxygen atoms in total. The first-order valence-electron chi connectivity index (χ1n) is 9.07. The van der Waals surface area contributed by atoms with Crippen LogP contribution in [0.15, 0.2) is 96.3 Å². The molecule has 29 heavy (non-hydrogen) atoms. The third-order valence-electron chi connectivity index (χ3n) is 4.22. The SMILES string of the molecule is O=C(CSc1nc(-c2ccccc2)cn1-c1ccccc1)Nc1cccc(I)c1. The van der Waals surface area contributed by atoms with Gasteiger partial charge in [0.2, 0.25) is 5.91 Å². The molecule has 0 bridgehead atoms. The third-order valence-corrected chi connectivity index (χ3v) is 5.84. The summed E-state index contributed by atoms with van der Waals surface area (Å²) in [5.41, 5.74) is 3.75. The lowest BCUT2D eigenvalue weighted by Gasteiger charge is -2.08. The second-order valence-corrected chi connectivity index (χ2v) is 8.52. The average Bonchev–Trinajstić information content (AvgIpc) is 3.18. The van der Waals surface area contributed by atoms with Crippen LogP contribution in [0, 0.1) is 3.57 Å². The lowest BCUT2D eigenvalue weighted by atomic mass is 10.2. The summed E-state index contributed by atoms with van der Waals surface area (Å²) < 4.78 is 3.12. The van der Waals surface area contributed by atoms with Gasteiger partial charge in [0, 0.05) is 26.7 Å². The number of hydrogen-bond acceptors (Lipinski definition) is 3. The van der Waals surface area contributed by atoms with Gasteiger partial charge in [0.15, 0.2) is 5.16 Å². The molecule has 0 aliphatic rings. The molecule has 0 aliphatic carbocycles. The van der Waals surface area contributed by atoms with Crippen molar-refractivity contribution in [2.75, 3.05) is 11.1 Å². The fourth-order valence-corrected chi connectivity index (χ4v) is 4.22. The summed E-state index contributed by atoms with van der Waals surface area (Å²) in [6.07, 6.45) is 2.02. The van der Waals surface area contributed by atoms with E-state index in [9.17, 15) is 4.79 Å². The molecule has 0 saturated heterocycles. The van der Waals surface area contributed by atoms with Gasteiger partial charge in [-0.3, -0.25) is 9.36 Å². The molecule has 3 aromatic carbocycles. The smallest absolute Gasteiger partial charge is 0.234 e. The maximum absolute atomic E-state index is 12.5. The van der Waals surface area contributed by atoms with Crippen LogP contribution in [0.25, 0.3) is 16.9 Å². The highest BCUT2D eigenvalue weighted by Crippen LogP contribution is 2.27. The number of benzene rings is 3. The first kappa shape index (κ1) is 19.7. The summed E-state index contributed by atoms with van der Waals surface area (Å²) in [6.45, 7) is 0. The normalized spacial score (nSPS) is 10.7. The maximum atomic E-state index is 12.5. The number of nitrogens with zero attached hydrogens (tertiary/aromatic N) is 2. The number of nitrogens with one attached hydrogen (secondary N) is 1. The van der Waals surface area contributed by atoms with Crippen molar-refractivity contribution in [2.24, 2.45) is 0 Å². The number of imidazole rings is 1. The van der Waals surface area contributed by atoms with Crippen LogP contribution in [0.3, 0.4) is 0 Å². The molecule has 0 radical (unpaired) electrons. The number of anilines is 1. The number of amides is 1. The predicted molar refractivity (Wildman–Crippen MR) is 128 cm³/mol. The molecule has 0 saturated carbocycles. The molecule has 0 unspecified atom stereocenters. The second kappa shape index (κ2) is 9.28. The summed E-state index contributed by atoms with van der Waals surface area (Å²) in [5, 5.41) is 3.73. The molecule has 0 spiro atoms. The van der Waals surface area contributed by atoms with Crippen molar-refractivity contribution >= 4 is 45.9 Å². The van der Waals surface area contributed by atoms with Gasteiger partial charge in [-0.1, -0.05) is 66.4 Å². The lowest BCUT2D eigenvalue weighted by molar-refractivity contribution is -0.113. The second-order valence-electron chi connectivity index (χ2n) is 6.33. The van der Waals surface area contributed by atoms with E-state index in [0.717, 1.165) is 31.4 Å². The van der Waals surface area contributed by atoms with Gasteiger partial charge in [-0.2, -0.15) is 0 Å². The summed E-state index contributed by atoms with van der Waals surface area (Å²) in [7, 11) is 0. The molecular formula is C23H18IN3OS. The highest BCUT2D eigenvalue weighted by Gasteiger charge is 2.13. The van der Waals surface area contributed by atoms with Crippen molar-refractivity contribution in [3.05, 3.63) is 94.7 Å². The number of rotatable bonds is 6. The topological polar surface area (TPSA) is 46.9 Å². The van der Waals surface area contributed by atoms with Gasteiger partial charge in [0.1, 0.15) is 0 Å². The van der Waals surface area contributed by atoms with Crippen LogP contribution in [0.1, 0.15) is 0 Å². The minimum atomic E-state index is -0.0547. The Morgan fingerprint density at radius 3 is 2.41 bits per heavy atom. The number of thioether (sulfide) groups is 1. The summed E-state index contributed by atoms with van der Waals surface area (Å²) >= 11 is 3.66. The fraction of sp³-hybridized carbons (Fsp3) is 0.0435. The molecule has 1 aromatic heterocycles. The molecule has 1 amide bonds. The Kier molecular flexibility index (Phi) is 6.31. The van der Waals surface area contributed by atoms with Crippen molar-refractivity contribution in [1.82, 2.24) is 9.55 Å². The zero-order valence-electron chi connectivity index (χ0n) is 15.5. The average molecular weight is 511 g/mol. The van der Waals surface area contributed by atoms with Crippen molar-refractivity contribution in [2.45, 2.75) is 5.16 Å². The zero-order valence-corrected chi connectivity index (χ0v) is 18.4. The van der Waals surface area contributed by atoms with Gasteiger partial charge in [0.05, 0.1) is 11.4 Å². The van der Waals surface area contributed by atoms with Crippen LogP contribution in [0.5, 0.6) is 0 Å². The third kappa shape index (κ3) is 5.07. The Bertz CT molecular complexity index is 1110. The van der Waals surface area contributed by atoms with E-state index in [-0.39, 0.29) is 11.7 Å². The molecule has 1 N–H and O–H groups in total. The van der Waals surface area contributed by atoms with E-state index in [1.165, 1.54) is 11.8 Å². The first-order chi connectivity index (χ1) is 14.2. The molecule has 144 valence electrons. The molecular weight excluding hydrogens is 493 g/mol. The van der Waals surface area contributed by atoms with Crippen LogP contribution in [0.4, 0.5) is 5.69 Å². The van der Waals surface area contributed by atoms with Crippen LogP contribution >= 0.6 is 34.4 Å². The fourth-order valence-electron chi connectivity index (χ4n) is 2.88. The van der Waals surface area contributed by atoms with Gasteiger partial charge in [-0.15, -0.1) is 0 Å². The number of halogens is 1. The number of carbonyl (C=O) groups is 1. The van der Waals surface area contributed by atoms with E-state index < -0.39 is 0 Å². The van der Waals surface area contributed by atoms with Gasteiger partial charge >= 0.3 is 0 Å². The molecule has 0 atom stereocenters. The molecule has 0 aliphatic heterocycles. The van der Waals surface area contributed by atoms with Gasteiger partial charge in [-0.25, -0.2) is 4.98 Å². The van der Waals surface area contributed by atoms with Gasteiger partial charge in [-0.05, 0) is 52.9 Å². The highest BCUT2D eigenvalue weighted by molar-refractivity contribution is 14.1. The Morgan fingerprint density at radius 2 is 1.69 bits per heavy atom. The summed E-state index contributed by atoms with van der Waals surface area (Å²) in [6, 6.07) is 27.9. The van der Waals surface area contributed by atoms with Crippen LogP contribution in [-0.2, 0) is 4.79 Å². The Hall–Kier alpha value is -2.58. The molecule has 4 aromatic rings. The lowest BCUT2D eigenvalue weighted by Crippen LogP contribution is -2.14. The van der Waals surface area contributed by atoms with Crippen molar-refractivity contribution in [3.63, 3.8) is 0 Å². The molecule has 4 rings (SSSR count). The Balaban J connectivity index is 1.55. The largest absolute Gasteiger partial charge is 0.325 e. The molecule has 1 heterocycles. The summed E-state index contributed by atoms with van der Waals surface area (Å²) in [4.78, 5) is 17.2. The van der Waals surface area contributed by atoms with Crippen molar-refractivity contribution in [1.29, 1.82) is 0 Å². The minimum Gasteiger partial charge on any atom is -0.325 e. The number of carbonyl (C=O) groups excluding carboxylic acids is 1. The van der Waals surface area contributed by atoms with Crippen LogP contribution in [-0.4, -0.2) is 21.2 Å². The van der Waals surface area contributed by atoms with E-state index in [1.54, 1.807) is 0 Å². The zero-order chi connectivity index (χ0) is 20.1. The first-order valence-corrected chi connectivity index (χ1v) is 11.1. The summed E-state index contributed by atoms with van der Waals surface area (Å²) in [5.74, 6) is 0.227. The van der Waals surface area contributed by atoms with E-state index in [1.807, 2.05) is 95.7 Å². The van der Waals surface area contributed by atoms with E-state index in [4.69, 9.17) is 4.98 Å². The van der Waals surface area contributed by atoms with Gasteiger partial charge in [0.25, 0.3) is 0 Å².